The summed E-state index contributed by atoms with van der Waals surface area (Å²) in [5.41, 5.74) is 6.50. The molecule has 4 nitrogen and oxygen atoms in total. The van der Waals surface area contributed by atoms with Gasteiger partial charge in [-0.25, -0.2) is 0 Å². The zero-order valence-corrected chi connectivity index (χ0v) is 11.5. The lowest BCUT2D eigenvalue weighted by atomic mass is 10.0. The molecule has 0 radical (unpaired) electrons. The van der Waals surface area contributed by atoms with Crippen molar-refractivity contribution in [1.29, 1.82) is 0 Å². The molecule has 18 heavy (non-hydrogen) atoms. The van der Waals surface area contributed by atoms with E-state index in [2.05, 4.69) is 30.7 Å². The summed E-state index contributed by atoms with van der Waals surface area (Å²) in [6.07, 6.45) is 0.961. The van der Waals surface area contributed by atoms with E-state index in [1.54, 1.807) is 0 Å². The van der Waals surface area contributed by atoms with Crippen molar-refractivity contribution in [3.63, 3.8) is 0 Å². The van der Waals surface area contributed by atoms with E-state index in [9.17, 15) is 0 Å². The minimum absolute atomic E-state index is 0.571. The molecular weight excluding hydrogens is 226 g/mol. The van der Waals surface area contributed by atoms with Gasteiger partial charge in [0.05, 0.1) is 12.3 Å². The van der Waals surface area contributed by atoms with E-state index in [0.717, 1.165) is 25.3 Å². The first-order valence-corrected chi connectivity index (χ1v) is 6.76. The van der Waals surface area contributed by atoms with Crippen LogP contribution in [0.1, 0.15) is 27.2 Å². The maximum atomic E-state index is 5.88. The molecular formula is C14H23N3O. The van der Waals surface area contributed by atoms with E-state index in [4.69, 9.17) is 10.5 Å². The van der Waals surface area contributed by atoms with Gasteiger partial charge in [0.2, 0.25) is 5.88 Å². The Labute approximate surface area is 109 Å². The number of rotatable bonds is 4. The van der Waals surface area contributed by atoms with E-state index >= 15 is 0 Å². The number of anilines is 2. The van der Waals surface area contributed by atoms with E-state index in [1.807, 2.05) is 12.1 Å². The van der Waals surface area contributed by atoms with Crippen LogP contribution in [0.15, 0.2) is 12.1 Å². The molecule has 1 saturated heterocycles. The van der Waals surface area contributed by atoms with Crippen LogP contribution in [0, 0.1) is 11.8 Å². The highest BCUT2D eigenvalue weighted by Crippen LogP contribution is 2.29. The monoisotopic (exact) mass is 249 g/mol. The zero-order valence-electron chi connectivity index (χ0n) is 11.5. The molecule has 0 amide bonds. The fraction of sp³-hybridized carbons (Fsp3) is 0.643. The van der Waals surface area contributed by atoms with E-state index in [-0.39, 0.29) is 0 Å². The van der Waals surface area contributed by atoms with Crippen LogP contribution >= 0.6 is 0 Å². The third-order valence-electron chi connectivity index (χ3n) is 3.63. The zero-order chi connectivity index (χ0) is 13.1. The van der Waals surface area contributed by atoms with Crippen molar-refractivity contribution in [2.75, 3.05) is 30.3 Å². The first kappa shape index (κ1) is 13.0. The van der Waals surface area contributed by atoms with Crippen LogP contribution in [0.25, 0.3) is 0 Å². The predicted molar refractivity (Wildman–Crippen MR) is 75.0 cm³/mol. The third-order valence-corrected chi connectivity index (χ3v) is 3.63. The Bertz CT molecular complexity index is 398. The molecule has 2 unspecified atom stereocenters. The molecule has 1 aromatic rings. The molecule has 1 aliphatic rings. The molecule has 0 saturated carbocycles. The Morgan fingerprint density at radius 2 is 2.00 bits per heavy atom. The molecule has 1 aliphatic heterocycles. The summed E-state index contributed by atoms with van der Waals surface area (Å²) in [7, 11) is 0. The summed E-state index contributed by atoms with van der Waals surface area (Å²) in [6, 6.07) is 3.87. The van der Waals surface area contributed by atoms with Gasteiger partial charge in [-0.15, -0.1) is 0 Å². The molecule has 1 aromatic heterocycles. The fourth-order valence-electron chi connectivity index (χ4n) is 2.25. The molecule has 0 bridgehead atoms. The lowest BCUT2D eigenvalue weighted by Gasteiger charge is -2.18. The second-order valence-electron chi connectivity index (χ2n) is 5.27. The number of hydrogen-bond acceptors (Lipinski definition) is 4. The van der Waals surface area contributed by atoms with Crippen molar-refractivity contribution < 1.29 is 4.74 Å². The van der Waals surface area contributed by atoms with Gasteiger partial charge in [0.25, 0.3) is 0 Å². The topological polar surface area (TPSA) is 51.4 Å². The molecule has 4 heteroatoms. The van der Waals surface area contributed by atoms with E-state index in [0.29, 0.717) is 30.0 Å². The number of nitrogens with two attached hydrogens (primary N) is 1. The Kier molecular flexibility index (Phi) is 3.94. The number of ether oxygens (including phenoxy) is 1. The third kappa shape index (κ3) is 2.68. The van der Waals surface area contributed by atoms with Gasteiger partial charge < -0.3 is 15.4 Å². The maximum absolute atomic E-state index is 5.88. The minimum atomic E-state index is 0.571. The Balaban J connectivity index is 2.14. The van der Waals surface area contributed by atoms with Crippen LogP contribution in [0.4, 0.5) is 11.5 Å². The van der Waals surface area contributed by atoms with Gasteiger partial charge in [0.15, 0.2) is 0 Å². The molecule has 2 rings (SSSR count). The van der Waals surface area contributed by atoms with Crippen molar-refractivity contribution in [2.45, 2.75) is 27.2 Å². The molecule has 0 aliphatic carbocycles. The summed E-state index contributed by atoms with van der Waals surface area (Å²) in [5, 5.41) is 0. The lowest BCUT2D eigenvalue weighted by Crippen LogP contribution is -2.21. The summed E-state index contributed by atoms with van der Waals surface area (Å²) in [6.45, 7) is 9.43. The van der Waals surface area contributed by atoms with Gasteiger partial charge in [-0.2, -0.15) is 4.98 Å². The van der Waals surface area contributed by atoms with Crippen LogP contribution in [0.2, 0.25) is 0 Å². The van der Waals surface area contributed by atoms with Crippen LogP contribution in [-0.2, 0) is 0 Å². The Morgan fingerprint density at radius 1 is 1.33 bits per heavy atom. The molecule has 2 N–H and O–H groups in total. The SMILES string of the molecule is CCCOc1nc(N2CC(C)C(C)C2)ccc1N. The quantitative estimate of drug-likeness (QED) is 0.891. The largest absolute Gasteiger partial charge is 0.476 e. The summed E-state index contributed by atoms with van der Waals surface area (Å²) >= 11 is 0. The van der Waals surface area contributed by atoms with Crippen LogP contribution in [0.3, 0.4) is 0 Å². The minimum Gasteiger partial charge on any atom is -0.476 e. The second kappa shape index (κ2) is 5.46. The van der Waals surface area contributed by atoms with Gasteiger partial charge in [0, 0.05) is 13.1 Å². The maximum Gasteiger partial charge on any atom is 0.239 e. The van der Waals surface area contributed by atoms with Crippen LogP contribution < -0.4 is 15.4 Å². The lowest BCUT2D eigenvalue weighted by molar-refractivity contribution is 0.307. The molecule has 0 aromatic carbocycles. The standard InChI is InChI=1S/C14H23N3O/c1-4-7-18-14-12(15)5-6-13(16-14)17-8-10(2)11(3)9-17/h5-6,10-11H,4,7-9,15H2,1-3H3. The molecule has 0 spiro atoms. The van der Waals surface area contributed by atoms with Crippen molar-refractivity contribution in [3.8, 4) is 5.88 Å². The summed E-state index contributed by atoms with van der Waals surface area (Å²) in [5.74, 6) is 2.97. The Hall–Kier alpha value is -1.45. The van der Waals surface area contributed by atoms with E-state index < -0.39 is 0 Å². The number of hydrogen-bond donors (Lipinski definition) is 1. The van der Waals surface area contributed by atoms with Gasteiger partial charge in [-0.3, -0.25) is 0 Å². The van der Waals surface area contributed by atoms with Crippen molar-refractivity contribution >= 4 is 11.5 Å². The Morgan fingerprint density at radius 3 is 2.61 bits per heavy atom. The van der Waals surface area contributed by atoms with Gasteiger partial charge in [-0.1, -0.05) is 20.8 Å². The molecule has 2 atom stereocenters. The second-order valence-corrected chi connectivity index (χ2v) is 5.27. The van der Waals surface area contributed by atoms with Gasteiger partial charge in [0.1, 0.15) is 5.82 Å². The normalized spacial score (nSPS) is 23.4. The summed E-state index contributed by atoms with van der Waals surface area (Å²) in [4.78, 5) is 6.85. The first-order chi connectivity index (χ1) is 8.61. The summed E-state index contributed by atoms with van der Waals surface area (Å²) < 4.78 is 5.58. The van der Waals surface area contributed by atoms with Crippen LogP contribution in [0.5, 0.6) is 5.88 Å². The molecule has 100 valence electrons. The molecule has 1 fully saturated rings. The van der Waals surface area contributed by atoms with Crippen LogP contribution in [-0.4, -0.2) is 24.7 Å². The average molecular weight is 249 g/mol. The van der Waals surface area contributed by atoms with Gasteiger partial charge in [-0.05, 0) is 30.4 Å². The van der Waals surface area contributed by atoms with Crippen molar-refractivity contribution in [3.05, 3.63) is 12.1 Å². The van der Waals surface area contributed by atoms with Gasteiger partial charge >= 0.3 is 0 Å². The number of nitrogens with zero attached hydrogens (tertiary/aromatic N) is 2. The first-order valence-electron chi connectivity index (χ1n) is 6.76. The predicted octanol–water partition coefficient (Wildman–Crippen LogP) is 2.54. The number of pyridine rings is 1. The average Bonchev–Trinajstić information content (AvgIpc) is 2.69. The van der Waals surface area contributed by atoms with E-state index in [1.165, 1.54) is 0 Å². The highest BCUT2D eigenvalue weighted by molar-refractivity contribution is 5.55. The molecule has 2 heterocycles. The van der Waals surface area contributed by atoms with Crippen molar-refractivity contribution in [2.24, 2.45) is 11.8 Å². The highest BCUT2D eigenvalue weighted by Gasteiger charge is 2.27. The number of nitrogen functional groups attached to an aromatic ring is 1. The fourth-order valence-corrected chi connectivity index (χ4v) is 2.25. The number of aromatic nitrogens is 1. The smallest absolute Gasteiger partial charge is 0.239 e. The highest BCUT2D eigenvalue weighted by atomic mass is 16.5. The van der Waals surface area contributed by atoms with Crippen molar-refractivity contribution in [1.82, 2.24) is 4.98 Å².